The highest BCUT2D eigenvalue weighted by atomic mass is 35.5. The fourth-order valence-electron chi connectivity index (χ4n) is 1.07. The van der Waals surface area contributed by atoms with Gasteiger partial charge in [0.25, 0.3) is 0 Å². The van der Waals surface area contributed by atoms with Gasteiger partial charge in [-0.05, 0) is 32.9 Å². The minimum atomic E-state index is -0.352. The van der Waals surface area contributed by atoms with E-state index in [1.807, 2.05) is 20.8 Å². The Kier molecular flexibility index (Phi) is 4.80. The van der Waals surface area contributed by atoms with E-state index in [-0.39, 0.29) is 18.1 Å². The first-order valence-corrected chi connectivity index (χ1v) is 5.93. The molecule has 0 aliphatic carbocycles. The van der Waals surface area contributed by atoms with E-state index in [0.717, 1.165) is 0 Å². The molecular formula is C12H15Cl2NO2. The molecule has 0 unspecified atom stereocenters. The molecule has 17 heavy (non-hydrogen) atoms. The molecule has 1 amide bonds. The van der Waals surface area contributed by atoms with Crippen LogP contribution in [-0.4, -0.2) is 18.1 Å². The van der Waals surface area contributed by atoms with Crippen LogP contribution in [0.15, 0.2) is 18.2 Å². The van der Waals surface area contributed by atoms with Gasteiger partial charge in [-0.1, -0.05) is 29.3 Å². The molecule has 94 valence electrons. The number of ether oxygens (including phenoxy) is 1. The van der Waals surface area contributed by atoms with E-state index in [0.29, 0.717) is 15.7 Å². The van der Waals surface area contributed by atoms with Crippen LogP contribution < -0.4 is 5.32 Å². The van der Waals surface area contributed by atoms with Gasteiger partial charge < -0.3 is 10.1 Å². The maximum absolute atomic E-state index is 11.6. The molecule has 0 fully saturated rings. The van der Waals surface area contributed by atoms with Crippen LogP contribution in [0, 0.1) is 0 Å². The van der Waals surface area contributed by atoms with Crippen LogP contribution >= 0.6 is 23.2 Å². The lowest BCUT2D eigenvalue weighted by Crippen LogP contribution is -2.27. The van der Waals surface area contributed by atoms with Gasteiger partial charge in [0.2, 0.25) is 5.91 Å². The first-order valence-electron chi connectivity index (χ1n) is 5.17. The highest BCUT2D eigenvalue weighted by Gasteiger charge is 2.14. The van der Waals surface area contributed by atoms with E-state index in [4.69, 9.17) is 27.9 Å². The summed E-state index contributed by atoms with van der Waals surface area (Å²) in [6, 6.07) is 5.06. The maximum atomic E-state index is 11.6. The highest BCUT2D eigenvalue weighted by Crippen LogP contribution is 2.29. The average Bonchev–Trinajstić information content (AvgIpc) is 2.21. The Morgan fingerprint density at radius 3 is 2.59 bits per heavy atom. The zero-order valence-corrected chi connectivity index (χ0v) is 11.5. The second kappa shape index (κ2) is 5.71. The fourth-order valence-corrected chi connectivity index (χ4v) is 1.42. The number of benzene rings is 1. The monoisotopic (exact) mass is 275 g/mol. The summed E-state index contributed by atoms with van der Waals surface area (Å²) in [5.74, 6) is -0.260. The summed E-state index contributed by atoms with van der Waals surface area (Å²) in [6.07, 6.45) is 0. The Morgan fingerprint density at radius 2 is 2.00 bits per heavy atom. The van der Waals surface area contributed by atoms with Crippen molar-refractivity contribution in [3.63, 3.8) is 0 Å². The molecule has 0 aromatic heterocycles. The quantitative estimate of drug-likeness (QED) is 0.913. The van der Waals surface area contributed by atoms with Crippen LogP contribution in [0.5, 0.6) is 0 Å². The lowest BCUT2D eigenvalue weighted by atomic mass is 10.2. The van der Waals surface area contributed by atoms with Crippen molar-refractivity contribution in [2.75, 3.05) is 11.9 Å². The molecule has 1 aromatic carbocycles. The second-order valence-electron chi connectivity index (χ2n) is 4.55. The number of amides is 1. The summed E-state index contributed by atoms with van der Waals surface area (Å²) < 4.78 is 5.35. The molecule has 0 atom stereocenters. The summed E-state index contributed by atoms with van der Waals surface area (Å²) in [5, 5.41) is 3.38. The Labute approximate surface area is 111 Å². The molecule has 0 radical (unpaired) electrons. The molecule has 1 N–H and O–H groups in total. The Bertz CT molecular complexity index is 413. The van der Waals surface area contributed by atoms with Gasteiger partial charge in [0.15, 0.2) is 0 Å². The minimum Gasteiger partial charge on any atom is -0.366 e. The van der Waals surface area contributed by atoms with Gasteiger partial charge in [-0.15, -0.1) is 0 Å². The van der Waals surface area contributed by atoms with Crippen LogP contribution in [0.1, 0.15) is 20.8 Å². The van der Waals surface area contributed by atoms with Gasteiger partial charge in [0.05, 0.1) is 21.3 Å². The van der Waals surface area contributed by atoms with E-state index in [1.54, 1.807) is 18.2 Å². The van der Waals surface area contributed by atoms with Crippen molar-refractivity contribution in [2.24, 2.45) is 0 Å². The molecule has 0 aliphatic heterocycles. The number of rotatable bonds is 3. The van der Waals surface area contributed by atoms with E-state index in [9.17, 15) is 4.79 Å². The topological polar surface area (TPSA) is 38.3 Å². The third-order valence-corrected chi connectivity index (χ3v) is 2.68. The largest absolute Gasteiger partial charge is 0.366 e. The number of nitrogens with one attached hydrogen (secondary N) is 1. The van der Waals surface area contributed by atoms with Crippen molar-refractivity contribution < 1.29 is 9.53 Å². The number of halogens is 2. The van der Waals surface area contributed by atoms with Crippen LogP contribution in [0.2, 0.25) is 10.0 Å². The molecule has 5 heteroatoms. The predicted molar refractivity (Wildman–Crippen MR) is 70.8 cm³/mol. The van der Waals surface area contributed by atoms with Crippen molar-refractivity contribution >= 4 is 34.8 Å². The minimum absolute atomic E-state index is 0.0215. The smallest absolute Gasteiger partial charge is 0.250 e. The molecule has 0 aliphatic rings. The van der Waals surface area contributed by atoms with Gasteiger partial charge >= 0.3 is 0 Å². The molecule has 0 bridgehead atoms. The zero-order chi connectivity index (χ0) is 13.1. The van der Waals surface area contributed by atoms with Crippen molar-refractivity contribution in [3.05, 3.63) is 28.2 Å². The first kappa shape index (κ1) is 14.3. The molecule has 0 saturated carbocycles. The third-order valence-electron chi connectivity index (χ3n) is 1.86. The zero-order valence-electron chi connectivity index (χ0n) is 10.0. The number of hydrogen-bond donors (Lipinski definition) is 1. The van der Waals surface area contributed by atoms with Crippen molar-refractivity contribution in [2.45, 2.75) is 26.4 Å². The normalized spacial score (nSPS) is 11.4. The maximum Gasteiger partial charge on any atom is 0.250 e. The Morgan fingerprint density at radius 1 is 1.35 bits per heavy atom. The molecule has 1 aromatic rings. The molecule has 3 nitrogen and oxygen atoms in total. The van der Waals surface area contributed by atoms with E-state index in [1.165, 1.54) is 0 Å². The van der Waals surface area contributed by atoms with E-state index >= 15 is 0 Å². The number of anilines is 1. The van der Waals surface area contributed by atoms with E-state index < -0.39 is 0 Å². The van der Waals surface area contributed by atoms with Crippen molar-refractivity contribution in [1.29, 1.82) is 0 Å². The van der Waals surface area contributed by atoms with Gasteiger partial charge in [-0.2, -0.15) is 0 Å². The van der Waals surface area contributed by atoms with Crippen LogP contribution in [0.4, 0.5) is 5.69 Å². The highest BCUT2D eigenvalue weighted by molar-refractivity contribution is 6.43. The summed E-state index contributed by atoms with van der Waals surface area (Å²) in [7, 11) is 0. The number of carbonyl (C=O) groups is 1. The molecule has 0 saturated heterocycles. The fraction of sp³-hybridized carbons (Fsp3) is 0.417. The van der Waals surface area contributed by atoms with Gasteiger partial charge in [0, 0.05) is 0 Å². The summed E-state index contributed by atoms with van der Waals surface area (Å²) in [4.78, 5) is 11.6. The SMILES string of the molecule is CC(C)(C)OCC(=O)Nc1cccc(Cl)c1Cl. The molecule has 0 heterocycles. The number of carbonyl (C=O) groups excluding carboxylic acids is 1. The van der Waals surface area contributed by atoms with Crippen LogP contribution in [0.3, 0.4) is 0 Å². The van der Waals surface area contributed by atoms with E-state index in [2.05, 4.69) is 5.32 Å². The van der Waals surface area contributed by atoms with Gasteiger partial charge in [0.1, 0.15) is 6.61 Å². The molecule has 1 rings (SSSR count). The van der Waals surface area contributed by atoms with Crippen LogP contribution in [0.25, 0.3) is 0 Å². The van der Waals surface area contributed by atoms with Crippen LogP contribution in [-0.2, 0) is 9.53 Å². The molecule has 0 spiro atoms. The first-order chi connectivity index (χ1) is 7.79. The Hall–Kier alpha value is -0.770. The average molecular weight is 276 g/mol. The lowest BCUT2D eigenvalue weighted by molar-refractivity contribution is -0.125. The predicted octanol–water partition coefficient (Wildman–Crippen LogP) is 3.75. The standard InChI is InChI=1S/C12H15Cl2NO2/c1-12(2,3)17-7-10(16)15-9-6-4-5-8(13)11(9)14/h4-6H,7H2,1-3H3,(H,15,16). The summed E-state index contributed by atoms with van der Waals surface area (Å²) in [5.41, 5.74) is 0.136. The van der Waals surface area contributed by atoms with Crippen molar-refractivity contribution in [1.82, 2.24) is 0 Å². The molecular weight excluding hydrogens is 261 g/mol. The summed E-state index contributed by atoms with van der Waals surface area (Å²) in [6.45, 7) is 5.62. The van der Waals surface area contributed by atoms with Crippen molar-refractivity contribution in [3.8, 4) is 0 Å². The summed E-state index contributed by atoms with van der Waals surface area (Å²) >= 11 is 11.8. The third kappa shape index (κ3) is 4.94. The van der Waals surface area contributed by atoms with Gasteiger partial charge in [-0.3, -0.25) is 4.79 Å². The lowest BCUT2D eigenvalue weighted by Gasteiger charge is -2.19. The number of hydrogen-bond acceptors (Lipinski definition) is 2. The van der Waals surface area contributed by atoms with Gasteiger partial charge in [-0.25, -0.2) is 0 Å². The Balaban J connectivity index is 2.60. The second-order valence-corrected chi connectivity index (χ2v) is 5.34.